The van der Waals surface area contributed by atoms with E-state index in [1.54, 1.807) is 10.0 Å². The second-order valence-electron chi connectivity index (χ2n) is 7.41. The van der Waals surface area contributed by atoms with E-state index in [0.717, 1.165) is 46.8 Å². The molecule has 0 saturated heterocycles. The number of aliphatic hydroxyl groups is 1. The van der Waals surface area contributed by atoms with Gasteiger partial charge in [-0.3, -0.25) is 9.59 Å². The van der Waals surface area contributed by atoms with Crippen molar-refractivity contribution in [3.63, 3.8) is 0 Å². The summed E-state index contributed by atoms with van der Waals surface area (Å²) in [5.41, 5.74) is -4.35. The summed E-state index contributed by atoms with van der Waals surface area (Å²) in [4.78, 5) is 23.4. The van der Waals surface area contributed by atoms with E-state index in [1.807, 2.05) is 0 Å². The van der Waals surface area contributed by atoms with Crippen LogP contribution in [0.5, 0.6) is 0 Å². The lowest BCUT2D eigenvalue weighted by Gasteiger charge is -2.25. The van der Waals surface area contributed by atoms with Crippen molar-refractivity contribution in [1.29, 1.82) is 0 Å². The quantitative estimate of drug-likeness (QED) is 0.471. The van der Waals surface area contributed by atoms with Gasteiger partial charge in [0.1, 0.15) is 0 Å². The van der Waals surface area contributed by atoms with Gasteiger partial charge in [-0.1, -0.05) is 11.6 Å². The van der Waals surface area contributed by atoms with Crippen LogP contribution in [0.2, 0.25) is 5.02 Å². The number of hydrogen-bond donors (Lipinski definition) is 3. The second kappa shape index (κ2) is 9.73. The number of alkyl halides is 3. The predicted octanol–water partition coefficient (Wildman–Crippen LogP) is 1.96. The Bertz CT molecular complexity index is 1360. The first-order chi connectivity index (χ1) is 15.8. The summed E-state index contributed by atoms with van der Waals surface area (Å²) in [6.07, 6.45) is -5.29. The number of nitrogens with one attached hydrogen (secondary N) is 2. The van der Waals surface area contributed by atoms with E-state index in [4.69, 9.17) is 11.6 Å². The van der Waals surface area contributed by atoms with Crippen LogP contribution in [0.15, 0.2) is 52.3 Å². The van der Waals surface area contributed by atoms with E-state index >= 15 is 0 Å². The molecule has 0 saturated carbocycles. The molecular weight excluding hydrogens is 539 g/mol. The van der Waals surface area contributed by atoms with Crippen LogP contribution in [-0.2, 0) is 24.8 Å². The summed E-state index contributed by atoms with van der Waals surface area (Å²) in [7, 11) is -5.69. The van der Waals surface area contributed by atoms with Gasteiger partial charge in [0.05, 0.1) is 20.5 Å². The molecule has 2 aromatic carbocycles. The summed E-state index contributed by atoms with van der Waals surface area (Å²) in [6, 6.07) is 6.90. The SMILES string of the molecule is CN(C)S(=O)(=O)c1ccc(C(=O)NS(=O)(=O)c2ccc(NC(=O)[C@@](C)(O)C(F)(F)F)c(Cl)c2)cc1. The van der Waals surface area contributed by atoms with Gasteiger partial charge in [-0.25, -0.2) is 25.9 Å². The van der Waals surface area contributed by atoms with Crippen molar-refractivity contribution in [3.05, 3.63) is 53.1 Å². The number of anilines is 1. The molecule has 16 heteroatoms. The van der Waals surface area contributed by atoms with Gasteiger partial charge in [-0.15, -0.1) is 0 Å². The Labute approximate surface area is 203 Å². The maximum Gasteiger partial charge on any atom is 0.426 e. The lowest BCUT2D eigenvalue weighted by atomic mass is 10.1. The summed E-state index contributed by atoms with van der Waals surface area (Å²) < 4.78 is 90.3. The lowest BCUT2D eigenvalue weighted by Crippen LogP contribution is -2.52. The molecule has 0 bridgehead atoms. The summed E-state index contributed by atoms with van der Waals surface area (Å²) in [6.45, 7) is 0.229. The van der Waals surface area contributed by atoms with Gasteiger partial charge in [0.25, 0.3) is 21.8 Å². The number of halogens is 4. The van der Waals surface area contributed by atoms with Crippen molar-refractivity contribution in [2.24, 2.45) is 0 Å². The average molecular weight is 558 g/mol. The monoisotopic (exact) mass is 557 g/mol. The van der Waals surface area contributed by atoms with E-state index in [2.05, 4.69) is 0 Å². The van der Waals surface area contributed by atoms with Gasteiger partial charge in [0.2, 0.25) is 15.6 Å². The number of benzene rings is 2. The number of carbonyl (C=O) groups excluding carboxylic acids is 2. The minimum Gasteiger partial charge on any atom is -0.373 e. The van der Waals surface area contributed by atoms with E-state index in [0.29, 0.717) is 0 Å². The van der Waals surface area contributed by atoms with Gasteiger partial charge in [-0.05, 0) is 49.4 Å². The Morgan fingerprint density at radius 3 is 1.94 bits per heavy atom. The van der Waals surface area contributed by atoms with Gasteiger partial charge >= 0.3 is 6.18 Å². The van der Waals surface area contributed by atoms with E-state index in [9.17, 15) is 44.7 Å². The molecule has 35 heavy (non-hydrogen) atoms. The van der Waals surface area contributed by atoms with Crippen LogP contribution in [-0.4, -0.2) is 63.9 Å². The number of sulfonamides is 2. The van der Waals surface area contributed by atoms with Crippen molar-refractivity contribution in [3.8, 4) is 0 Å². The van der Waals surface area contributed by atoms with Crippen molar-refractivity contribution >= 4 is 49.1 Å². The summed E-state index contributed by atoms with van der Waals surface area (Å²) in [5.74, 6) is -2.95. The number of carbonyl (C=O) groups is 2. The third kappa shape index (κ3) is 6.10. The molecule has 0 unspecified atom stereocenters. The zero-order chi connectivity index (χ0) is 27.0. The Balaban J connectivity index is 2.22. The Morgan fingerprint density at radius 2 is 1.49 bits per heavy atom. The van der Waals surface area contributed by atoms with Crippen LogP contribution >= 0.6 is 11.6 Å². The van der Waals surface area contributed by atoms with Crippen molar-refractivity contribution < 1.29 is 44.7 Å². The fourth-order valence-corrected chi connectivity index (χ4v) is 4.56. The molecule has 2 aromatic rings. The molecule has 2 rings (SSSR count). The molecule has 0 aromatic heterocycles. The first-order valence-electron chi connectivity index (χ1n) is 9.30. The first-order valence-corrected chi connectivity index (χ1v) is 12.6. The molecule has 0 heterocycles. The zero-order valence-electron chi connectivity index (χ0n) is 18.2. The van der Waals surface area contributed by atoms with Crippen molar-refractivity contribution in [1.82, 2.24) is 9.03 Å². The highest BCUT2D eigenvalue weighted by atomic mass is 35.5. The number of hydrogen-bond acceptors (Lipinski definition) is 7. The van der Waals surface area contributed by atoms with E-state index in [1.165, 1.54) is 14.1 Å². The fourth-order valence-electron chi connectivity index (χ4n) is 2.37. The molecule has 1 atom stereocenters. The molecule has 10 nitrogen and oxygen atoms in total. The van der Waals surface area contributed by atoms with Crippen molar-refractivity contribution in [2.45, 2.75) is 28.5 Å². The third-order valence-corrected chi connectivity index (χ3v) is 8.09. The van der Waals surface area contributed by atoms with Gasteiger partial charge in [-0.2, -0.15) is 13.2 Å². The van der Waals surface area contributed by atoms with Crippen LogP contribution in [0, 0.1) is 0 Å². The van der Waals surface area contributed by atoms with E-state index < -0.39 is 59.2 Å². The Kier molecular flexibility index (Phi) is 7.93. The minimum absolute atomic E-state index is 0.129. The topological polar surface area (TPSA) is 150 Å². The molecule has 0 aliphatic rings. The number of nitrogens with zero attached hydrogens (tertiary/aromatic N) is 1. The molecule has 0 fully saturated rings. The molecule has 3 N–H and O–H groups in total. The molecule has 0 aliphatic carbocycles. The van der Waals surface area contributed by atoms with Crippen molar-refractivity contribution in [2.75, 3.05) is 19.4 Å². The van der Waals surface area contributed by atoms with E-state index in [-0.39, 0.29) is 17.4 Å². The molecule has 0 spiro atoms. The van der Waals surface area contributed by atoms with Crippen LogP contribution in [0.4, 0.5) is 18.9 Å². The van der Waals surface area contributed by atoms with Gasteiger partial charge < -0.3 is 10.4 Å². The van der Waals surface area contributed by atoms with Gasteiger partial charge in [0.15, 0.2) is 0 Å². The van der Waals surface area contributed by atoms with Crippen LogP contribution in [0.25, 0.3) is 0 Å². The van der Waals surface area contributed by atoms with Crippen LogP contribution in [0.1, 0.15) is 17.3 Å². The molecule has 0 aliphatic heterocycles. The summed E-state index contributed by atoms with van der Waals surface area (Å²) >= 11 is 5.87. The fraction of sp³-hybridized carbons (Fsp3) is 0.263. The first kappa shape index (κ1) is 28.5. The predicted molar refractivity (Wildman–Crippen MR) is 119 cm³/mol. The lowest BCUT2D eigenvalue weighted by molar-refractivity contribution is -0.242. The number of rotatable bonds is 7. The molecule has 192 valence electrons. The Hall–Kier alpha value is -2.72. The largest absolute Gasteiger partial charge is 0.426 e. The highest BCUT2D eigenvalue weighted by Gasteiger charge is 2.55. The second-order valence-corrected chi connectivity index (χ2v) is 11.7. The highest BCUT2D eigenvalue weighted by molar-refractivity contribution is 7.90. The maximum absolute atomic E-state index is 12.8. The standard InChI is InChI=1S/C19H19ClF3N3O7S2/c1-18(29,19(21,22)23)17(28)24-15-9-8-13(10-14(15)20)34(30,31)25-16(27)11-4-6-12(7-5-11)35(32,33)26(2)3/h4-10,29H,1-3H3,(H,24,28)(H,25,27)/t18-/m1/s1. The minimum atomic E-state index is -5.29. The van der Waals surface area contributed by atoms with Crippen LogP contribution in [0.3, 0.4) is 0 Å². The van der Waals surface area contributed by atoms with Crippen LogP contribution < -0.4 is 10.0 Å². The molecule has 2 amide bonds. The average Bonchev–Trinajstić information content (AvgIpc) is 2.73. The van der Waals surface area contributed by atoms with Gasteiger partial charge in [0, 0.05) is 19.7 Å². The summed E-state index contributed by atoms with van der Waals surface area (Å²) in [5, 5.41) is 10.6. The maximum atomic E-state index is 12.8. The third-order valence-electron chi connectivity index (χ3n) is 4.62. The zero-order valence-corrected chi connectivity index (χ0v) is 20.6. The molecule has 0 radical (unpaired) electrons. The normalized spacial score (nSPS) is 14.3. The number of amides is 2. The Morgan fingerprint density at radius 1 is 0.971 bits per heavy atom. The molecular formula is C19H19ClF3N3O7S2. The smallest absolute Gasteiger partial charge is 0.373 e. The highest BCUT2D eigenvalue weighted by Crippen LogP contribution is 2.32.